The van der Waals surface area contributed by atoms with Crippen molar-refractivity contribution in [3.05, 3.63) is 66.1 Å². The zero-order chi connectivity index (χ0) is 17.6. The van der Waals surface area contributed by atoms with Crippen LogP contribution in [0.3, 0.4) is 0 Å². The monoisotopic (exact) mass is 340 g/mol. The van der Waals surface area contributed by atoms with Gasteiger partial charge in [0.25, 0.3) is 0 Å². The molecule has 1 amide bonds. The molecule has 0 spiro atoms. The number of rotatable bonds is 6. The van der Waals surface area contributed by atoms with Gasteiger partial charge < -0.3 is 14.6 Å². The number of nitrogens with zero attached hydrogens (tertiary/aromatic N) is 1. The number of carbonyl (C=O) groups is 1. The number of para-hydroxylation sites is 2. The number of anilines is 1. The second kappa shape index (κ2) is 7.61. The van der Waals surface area contributed by atoms with Crippen LogP contribution in [-0.2, 0) is 11.2 Å². The average Bonchev–Trinajstić information content (AvgIpc) is 3.05. The van der Waals surface area contributed by atoms with Crippen molar-refractivity contribution in [3.63, 3.8) is 0 Å². The Kier molecular flexibility index (Phi) is 5.09. The molecule has 3 rings (SSSR count). The fourth-order valence-corrected chi connectivity index (χ4v) is 2.39. The van der Waals surface area contributed by atoms with Gasteiger partial charge >= 0.3 is 0 Å². The van der Waals surface area contributed by atoms with Gasteiger partial charge in [-0.05, 0) is 31.2 Å². The van der Waals surface area contributed by atoms with Crippen LogP contribution in [0, 0.1) is 5.82 Å². The Morgan fingerprint density at radius 3 is 2.76 bits per heavy atom. The lowest BCUT2D eigenvalue weighted by molar-refractivity contribution is -0.115. The molecule has 1 N–H and O–H groups in total. The van der Waals surface area contributed by atoms with E-state index in [-0.39, 0.29) is 18.1 Å². The lowest BCUT2D eigenvalue weighted by atomic mass is 10.1. The SMILES string of the molecule is CCOc1ccccc1NC(=O)Cc1cc(-c2ccccc2F)on1. The van der Waals surface area contributed by atoms with Gasteiger partial charge in [0, 0.05) is 6.07 Å². The number of aromatic nitrogens is 1. The Morgan fingerprint density at radius 1 is 1.20 bits per heavy atom. The highest BCUT2D eigenvalue weighted by atomic mass is 19.1. The Hall–Kier alpha value is -3.15. The summed E-state index contributed by atoms with van der Waals surface area (Å²) in [6, 6.07) is 15.0. The van der Waals surface area contributed by atoms with Crippen molar-refractivity contribution in [2.75, 3.05) is 11.9 Å². The number of nitrogens with one attached hydrogen (secondary N) is 1. The Balaban J connectivity index is 1.69. The molecule has 2 aromatic carbocycles. The second-order valence-electron chi connectivity index (χ2n) is 5.32. The zero-order valence-corrected chi connectivity index (χ0v) is 13.7. The molecule has 0 aliphatic heterocycles. The van der Waals surface area contributed by atoms with E-state index in [1.54, 1.807) is 36.4 Å². The number of ether oxygens (including phenoxy) is 1. The maximum absolute atomic E-state index is 13.8. The molecule has 0 saturated carbocycles. The molecule has 0 saturated heterocycles. The smallest absolute Gasteiger partial charge is 0.230 e. The second-order valence-corrected chi connectivity index (χ2v) is 5.32. The molecule has 0 unspecified atom stereocenters. The van der Waals surface area contributed by atoms with Gasteiger partial charge in [-0.25, -0.2) is 4.39 Å². The maximum atomic E-state index is 13.8. The summed E-state index contributed by atoms with van der Waals surface area (Å²) < 4.78 is 24.4. The highest BCUT2D eigenvalue weighted by Gasteiger charge is 2.14. The summed E-state index contributed by atoms with van der Waals surface area (Å²) in [5.41, 5.74) is 1.32. The first-order valence-corrected chi connectivity index (χ1v) is 7.89. The van der Waals surface area contributed by atoms with Crippen LogP contribution >= 0.6 is 0 Å². The normalized spacial score (nSPS) is 10.5. The number of carbonyl (C=O) groups excluding carboxylic acids is 1. The Bertz CT molecular complexity index is 876. The average molecular weight is 340 g/mol. The van der Waals surface area contributed by atoms with Crippen LogP contribution in [-0.4, -0.2) is 17.7 Å². The van der Waals surface area contributed by atoms with Crippen molar-refractivity contribution in [1.82, 2.24) is 5.16 Å². The quantitative estimate of drug-likeness (QED) is 0.735. The minimum absolute atomic E-state index is 0.0123. The molecule has 6 heteroatoms. The van der Waals surface area contributed by atoms with E-state index in [0.717, 1.165) is 0 Å². The van der Waals surface area contributed by atoms with E-state index in [9.17, 15) is 9.18 Å². The van der Waals surface area contributed by atoms with E-state index in [0.29, 0.717) is 29.3 Å². The molecular formula is C19H17FN2O3. The Morgan fingerprint density at radius 2 is 1.96 bits per heavy atom. The number of benzene rings is 2. The van der Waals surface area contributed by atoms with Crippen LogP contribution in [0.4, 0.5) is 10.1 Å². The molecule has 25 heavy (non-hydrogen) atoms. The van der Waals surface area contributed by atoms with Crippen LogP contribution in [0.2, 0.25) is 0 Å². The molecule has 0 atom stereocenters. The van der Waals surface area contributed by atoms with Gasteiger partial charge in [-0.1, -0.05) is 29.4 Å². The topological polar surface area (TPSA) is 64.4 Å². The molecule has 3 aromatic rings. The van der Waals surface area contributed by atoms with E-state index in [4.69, 9.17) is 9.26 Å². The third-order valence-electron chi connectivity index (χ3n) is 3.50. The van der Waals surface area contributed by atoms with Crippen molar-refractivity contribution < 1.29 is 18.4 Å². The first-order valence-electron chi connectivity index (χ1n) is 7.89. The summed E-state index contributed by atoms with van der Waals surface area (Å²) >= 11 is 0. The molecule has 128 valence electrons. The first kappa shape index (κ1) is 16.7. The van der Waals surface area contributed by atoms with Gasteiger partial charge in [-0.2, -0.15) is 0 Å². The van der Waals surface area contributed by atoms with E-state index >= 15 is 0 Å². The summed E-state index contributed by atoms with van der Waals surface area (Å²) in [7, 11) is 0. The van der Waals surface area contributed by atoms with E-state index < -0.39 is 5.82 Å². The van der Waals surface area contributed by atoms with E-state index in [1.807, 2.05) is 19.1 Å². The zero-order valence-electron chi connectivity index (χ0n) is 13.7. The molecule has 0 bridgehead atoms. The molecule has 0 aliphatic carbocycles. The fraction of sp³-hybridized carbons (Fsp3) is 0.158. The minimum atomic E-state index is -0.403. The molecule has 0 aliphatic rings. The van der Waals surface area contributed by atoms with Crippen molar-refractivity contribution >= 4 is 11.6 Å². The first-order chi connectivity index (χ1) is 12.2. The highest BCUT2D eigenvalue weighted by Crippen LogP contribution is 2.25. The van der Waals surface area contributed by atoms with Crippen LogP contribution in [0.25, 0.3) is 11.3 Å². The maximum Gasteiger partial charge on any atom is 0.230 e. The lowest BCUT2D eigenvalue weighted by Crippen LogP contribution is -2.15. The van der Waals surface area contributed by atoms with Gasteiger partial charge in [-0.3, -0.25) is 4.79 Å². The van der Waals surface area contributed by atoms with E-state index in [2.05, 4.69) is 10.5 Å². The standard InChI is InChI=1S/C19H17FN2O3/c1-2-24-17-10-6-5-9-16(17)21-19(23)12-13-11-18(25-22-13)14-7-3-4-8-15(14)20/h3-11H,2,12H2,1H3,(H,21,23). The number of halogens is 1. The summed E-state index contributed by atoms with van der Waals surface area (Å²) in [6.45, 7) is 2.38. The summed E-state index contributed by atoms with van der Waals surface area (Å²) in [6.07, 6.45) is 0.0123. The van der Waals surface area contributed by atoms with Gasteiger partial charge in [-0.15, -0.1) is 0 Å². The van der Waals surface area contributed by atoms with Crippen LogP contribution in [0.15, 0.2) is 59.1 Å². The summed E-state index contributed by atoms with van der Waals surface area (Å²) in [4.78, 5) is 12.2. The number of hydrogen-bond acceptors (Lipinski definition) is 4. The van der Waals surface area contributed by atoms with Gasteiger partial charge in [0.05, 0.1) is 30.0 Å². The molecular weight excluding hydrogens is 323 g/mol. The molecule has 0 fully saturated rings. The molecule has 5 nitrogen and oxygen atoms in total. The van der Waals surface area contributed by atoms with E-state index in [1.165, 1.54) is 6.07 Å². The predicted octanol–water partition coefficient (Wildman–Crippen LogP) is 4.06. The van der Waals surface area contributed by atoms with Gasteiger partial charge in [0.2, 0.25) is 5.91 Å². The molecule has 1 heterocycles. The number of amides is 1. The third kappa shape index (κ3) is 4.03. The minimum Gasteiger partial charge on any atom is -0.492 e. The van der Waals surface area contributed by atoms with Crippen LogP contribution < -0.4 is 10.1 Å². The van der Waals surface area contributed by atoms with Crippen LogP contribution in [0.5, 0.6) is 5.75 Å². The predicted molar refractivity (Wildman–Crippen MR) is 91.8 cm³/mol. The van der Waals surface area contributed by atoms with Crippen molar-refractivity contribution in [1.29, 1.82) is 0 Å². The highest BCUT2D eigenvalue weighted by molar-refractivity contribution is 5.93. The molecule has 0 radical (unpaired) electrons. The molecule has 1 aromatic heterocycles. The summed E-state index contributed by atoms with van der Waals surface area (Å²) in [5, 5.41) is 6.62. The fourth-order valence-electron chi connectivity index (χ4n) is 2.39. The van der Waals surface area contributed by atoms with Crippen molar-refractivity contribution in [2.24, 2.45) is 0 Å². The van der Waals surface area contributed by atoms with Crippen molar-refractivity contribution in [2.45, 2.75) is 13.3 Å². The van der Waals surface area contributed by atoms with Gasteiger partial charge in [0.15, 0.2) is 5.76 Å². The van der Waals surface area contributed by atoms with Crippen molar-refractivity contribution in [3.8, 4) is 17.1 Å². The third-order valence-corrected chi connectivity index (χ3v) is 3.50. The number of hydrogen-bond donors (Lipinski definition) is 1. The van der Waals surface area contributed by atoms with Crippen LogP contribution in [0.1, 0.15) is 12.6 Å². The summed E-state index contributed by atoms with van der Waals surface area (Å²) in [5.74, 6) is 0.224. The Labute approximate surface area is 144 Å². The lowest BCUT2D eigenvalue weighted by Gasteiger charge is -2.10. The van der Waals surface area contributed by atoms with Gasteiger partial charge in [0.1, 0.15) is 11.6 Å². The largest absolute Gasteiger partial charge is 0.492 e.